The van der Waals surface area contributed by atoms with E-state index in [9.17, 15) is 14.4 Å². The maximum atomic E-state index is 13.2. The number of rotatable bonds is 12. The van der Waals surface area contributed by atoms with Crippen molar-refractivity contribution in [3.8, 4) is 5.75 Å². The fraction of sp³-hybridized carbons (Fsp3) is 0.432. The normalized spacial score (nSPS) is 14.6. The molecule has 0 saturated carbocycles. The number of benzene rings is 3. The monoisotopic (exact) mass is 598 g/mol. The third-order valence-electron chi connectivity index (χ3n) is 8.04. The Morgan fingerprint density at radius 1 is 0.864 bits per heavy atom. The topological polar surface area (TPSA) is 84.9 Å². The first-order valence-electron chi connectivity index (χ1n) is 15.7. The minimum Gasteiger partial charge on any atom is -0.496 e. The Kier molecular flexibility index (Phi) is 11.6. The molecule has 234 valence electrons. The predicted octanol–water partition coefficient (Wildman–Crippen LogP) is 7.66. The average molecular weight is 599 g/mol. The number of hydrogen-bond acceptors (Lipinski definition) is 5. The molecule has 0 bridgehead atoms. The second kappa shape index (κ2) is 15.6. The van der Waals surface area contributed by atoms with E-state index >= 15 is 0 Å². The maximum absolute atomic E-state index is 13.2. The van der Waals surface area contributed by atoms with Gasteiger partial charge in [0.25, 0.3) is 0 Å². The number of para-hydroxylation sites is 2. The molecule has 3 aromatic rings. The average Bonchev–Trinajstić information content (AvgIpc) is 3.22. The van der Waals surface area contributed by atoms with E-state index in [0.717, 1.165) is 48.2 Å². The number of unbranched alkanes of at least 4 members (excludes halogenated alkanes) is 1. The van der Waals surface area contributed by atoms with Crippen LogP contribution in [0.2, 0.25) is 0 Å². The van der Waals surface area contributed by atoms with Crippen molar-refractivity contribution < 1.29 is 23.9 Å². The van der Waals surface area contributed by atoms with Gasteiger partial charge in [0, 0.05) is 36.7 Å². The van der Waals surface area contributed by atoms with E-state index in [2.05, 4.69) is 11.4 Å². The number of anilines is 1. The summed E-state index contributed by atoms with van der Waals surface area (Å²) in [6.07, 6.45) is 5.24. The van der Waals surface area contributed by atoms with Crippen molar-refractivity contribution in [1.82, 2.24) is 4.90 Å². The number of methoxy groups -OCH3 is 1. The van der Waals surface area contributed by atoms with Gasteiger partial charge in [-0.25, -0.2) is 4.79 Å². The number of fused-ring (bicyclic) bond motifs is 1. The van der Waals surface area contributed by atoms with E-state index < -0.39 is 5.60 Å². The number of Topliss-reactive ketones (excluding diaryl/α,β-unsaturated/α-hetero) is 1. The minimum absolute atomic E-state index is 0.0577. The third-order valence-corrected chi connectivity index (χ3v) is 8.04. The van der Waals surface area contributed by atoms with Gasteiger partial charge in [0.15, 0.2) is 5.78 Å². The number of hydrogen-bond donors (Lipinski definition) is 1. The zero-order chi connectivity index (χ0) is 31.5. The molecule has 1 unspecified atom stereocenters. The molecule has 0 fully saturated rings. The highest BCUT2D eigenvalue weighted by molar-refractivity contribution is 5.96. The van der Waals surface area contributed by atoms with Crippen LogP contribution in [0.1, 0.15) is 79.9 Å². The van der Waals surface area contributed by atoms with Crippen LogP contribution < -0.4 is 10.1 Å². The van der Waals surface area contributed by atoms with Crippen molar-refractivity contribution in [2.45, 2.75) is 77.7 Å². The zero-order valence-corrected chi connectivity index (χ0v) is 26.6. The molecule has 0 heterocycles. The molecule has 7 heteroatoms. The van der Waals surface area contributed by atoms with Crippen LogP contribution in [0.3, 0.4) is 0 Å². The molecule has 1 atom stereocenters. The van der Waals surface area contributed by atoms with Crippen LogP contribution in [0.25, 0.3) is 0 Å². The lowest BCUT2D eigenvalue weighted by molar-refractivity contribution is -0.120. The number of carbonyl (C=O) groups excluding carboxylic acids is 3. The smallest absolute Gasteiger partial charge is 0.410 e. The highest BCUT2D eigenvalue weighted by atomic mass is 16.6. The van der Waals surface area contributed by atoms with Gasteiger partial charge in [-0.1, -0.05) is 48.5 Å². The summed E-state index contributed by atoms with van der Waals surface area (Å²) in [7, 11) is 1.65. The van der Waals surface area contributed by atoms with Crippen molar-refractivity contribution in [2.75, 3.05) is 25.5 Å². The second-order valence-corrected chi connectivity index (χ2v) is 12.5. The molecule has 0 spiro atoms. The molecule has 1 aliphatic carbocycles. The molecule has 1 N–H and O–H groups in total. The molecule has 0 radical (unpaired) electrons. The van der Waals surface area contributed by atoms with Crippen molar-refractivity contribution in [2.24, 2.45) is 5.92 Å². The van der Waals surface area contributed by atoms with E-state index in [1.165, 1.54) is 11.1 Å². The van der Waals surface area contributed by atoms with Crippen molar-refractivity contribution in [3.63, 3.8) is 0 Å². The molecule has 2 amide bonds. The summed E-state index contributed by atoms with van der Waals surface area (Å²) < 4.78 is 11.1. The fourth-order valence-electron chi connectivity index (χ4n) is 5.63. The Labute approximate surface area is 261 Å². The van der Waals surface area contributed by atoms with E-state index in [1.54, 1.807) is 12.0 Å². The summed E-state index contributed by atoms with van der Waals surface area (Å²) in [6, 6.07) is 23.4. The third kappa shape index (κ3) is 9.69. The Bertz CT molecular complexity index is 1410. The van der Waals surface area contributed by atoms with Crippen LogP contribution >= 0.6 is 0 Å². The maximum Gasteiger partial charge on any atom is 0.410 e. The van der Waals surface area contributed by atoms with E-state index in [-0.39, 0.29) is 23.7 Å². The molecular weight excluding hydrogens is 552 g/mol. The largest absolute Gasteiger partial charge is 0.496 e. The van der Waals surface area contributed by atoms with Crippen LogP contribution in [0.15, 0.2) is 72.8 Å². The van der Waals surface area contributed by atoms with E-state index in [4.69, 9.17) is 9.47 Å². The van der Waals surface area contributed by atoms with Gasteiger partial charge in [-0.05, 0) is 107 Å². The number of nitrogens with one attached hydrogen (secondary N) is 1. The molecule has 0 aliphatic heterocycles. The Morgan fingerprint density at radius 2 is 1.57 bits per heavy atom. The molecule has 1 aliphatic rings. The molecule has 4 rings (SSSR count). The molecule has 3 aromatic carbocycles. The SMILES string of the molecule is COc1ccccc1CCN(CCCCC(=O)c1ccc2c(c1)CCC(C(=O)Nc1ccccc1)CC2)C(=O)OC(C)(C)C. The number of ketones is 1. The summed E-state index contributed by atoms with van der Waals surface area (Å²) in [5.41, 5.74) is 4.36. The summed E-state index contributed by atoms with van der Waals surface area (Å²) in [6.45, 7) is 6.60. The van der Waals surface area contributed by atoms with Gasteiger partial charge in [0.05, 0.1) is 7.11 Å². The number of nitrogens with zero attached hydrogens (tertiary/aromatic N) is 1. The second-order valence-electron chi connectivity index (χ2n) is 12.5. The van der Waals surface area contributed by atoms with Gasteiger partial charge in [-0.3, -0.25) is 9.59 Å². The van der Waals surface area contributed by atoms with Crippen molar-refractivity contribution in [3.05, 3.63) is 95.1 Å². The molecule has 0 aromatic heterocycles. The van der Waals surface area contributed by atoms with Crippen LogP contribution in [-0.2, 0) is 28.8 Å². The number of carbonyl (C=O) groups is 3. The Balaban J connectivity index is 1.29. The highest BCUT2D eigenvalue weighted by Gasteiger charge is 2.24. The van der Waals surface area contributed by atoms with Crippen LogP contribution in [-0.4, -0.2) is 48.5 Å². The Morgan fingerprint density at radius 3 is 2.30 bits per heavy atom. The number of ether oxygens (including phenoxy) is 2. The van der Waals surface area contributed by atoms with Crippen LogP contribution in [0.5, 0.6) is 5.75 Å². The summed E-state index contributed by atoms with van der Waals surface area (Å²) in [5, 5.41) is 3.04. The standard InChI is InChI=1S/C37H46N2O5/c1-37(2,3)44-36(42)39(25-23-28-12-8-9-16-34(28)43-4)24-11-10-15-33(40)31-22-18-27-17-19-29(20-21-30(27)26-31)35(41)38-32-13-6-5-7-14-32/h5-9,12-14,16,18,22,26,29H,10-11,15,17,19-21,23-25H2,1-4H3,(H,38,41). The fourth-order valence-corrected chi connectivity index (χ4v) is 5.63. The lowest BCUT2D eigenvalue weighted by atomic mass is 9.96. The highest BCUT2D eigenvalue weighted by Crippen LogP contribution is 2.27. The van der Waals surface area contributed by atoms with Gasteiger partial charge in [0.1, 0.15) is 11.4 Å². The zero-order valence-electron chi connectivity index (χ0n) is 26.6. The van der Waals surface area contributed by atoms with Crippen molar-refractivity contribution in [1.29, 1.82) is 0 Å². The predicted molar refractivity (Wildman–Crippen MR) is 174 cm³/mol. The quantitative estimate of drug-likeness (QED) is 0.131. The van der Waals surface area contributed by atoms with Crippen LogP contribution in [0, 0.1) is 5.92 Å². The summed E-state index contributed by atoms with van der Waals surface area (Å²) >= 11 is 0. The van der Waals surface area contributed by atoms with Gasteiger partial charge in [-0.15, -0.1) is 0 Å². The number of aryl methyl sites for hydroxylation is 2. The first-order valence-corrected chi connectivity index (χ1v) is 15.7. The molecular formula is C37H46N2O5. The Hall–Kier alpha value is -4.13. The first-order chi connectivity index (χ1) is 21.1. The van der Waals surface area contributed by atoms with E-state index in [0.29, 0.717) is 38.8 Å². The van der Waals surface area contributed by atoms with Gasteiger partial charge < -0.3 is 19.7 Å². The van der Waals surface area contributed by atoms with Gasteiger partial charge >= 0.3 is 6.09 Å². The van der Waals surface area contributed by atoms with E-state index in [1.807, 2.05) is 87.5 Å². The molecule has 44 heavy (non-hydrogen) atoms. The minimum atomic E-state index is -0.590. The lowest BCUT2D eigenvalue weighted by Crippen LogP contribution is -2.38. The molecule has 7 nitrogen and oxygen atoms in total. The van der Waals surface area contributed by atoms with Crippen LogP contribution in [0.4, 0.5) is 10.5 Å². The van der Waals surface area contributed by atoms with Gasteiger partial charge in [-0.2, -0.15) is 0 Å². The number of amides is 2. The molecule has 0 saturated heterocycles. The lowest BCUT2D eigenvalue weighted by Gasteiger charge is -2.27. The van der Waals surface area contributed by atoms with Gasteiger partial charge in [0.2, 0.25) is 5.91 Å². The first kappa shape index (κ1) is 32.8. The van der Waals surface area contributed by atoms with Crippen molar-refractivity contribution >= 4 is 23.5 Å². The summed E-state index contributed by atoms with van der Waals surface area (Å²) in [4.78, 5) is 40.8. The summed E-state index contributed by atoms with van der Waals surface area (Å²) in [5.74, 6) is 0.906.